The summed E-state index contributed by atoms with van der Waals surface area (Å²) >= 11 is 1.49. The summed E-state index contributed by atoms with van der Waals surface area (Å²) in [6, 6.07) is -0.420. The Morgan fingerprint density at radius 1 is 1.26 bits per heavy atom. The lowest BCUT2D eigenvalue weighted by molar-refractivity contribution is -0.162. The first kappa shape index (κ1) is 19.2. The highest BCUT2D eigenvalue weighted by molar-refractivity contribution is 8.14. The van der Waals surface area contributed by atoms with E-state index in [0.29, 0.717) is 6.61 Å². The van der Waals surface area contributed by atoms with Gasteiger partial charge >= 0.3 is 0 Å². The molecule has 2 aliphatic rings. The molecule has 8 heteroatoms. The minimum absolute atomic E-state index is 0.0943. The molecule has 0 spiro atoms. The molecule has 1 saturated heterocycles. The number of hydrogen-bond donors (Lipinski definition) is 2. The van der Waals surface area contributed by atoms with E-state index in [1.54, 1.807) is 0 Å². The molecule has 23 heavy (non-hydrogen) atoms. The molecule has 3 unspecified atom stereocenters. The van der Waals surface area contributed by atoms with Crippen LogP contribution in [0.25, 0.3) is 0 Å². The standard InChI is InChI=1S/C15H30N2O4SSi/c1-15(2,3)23(6,7)20-8-9-11(18)12(19)10-13(21-9)22-14(16-10)17(4)5/h9-13,18-19H,8H2,1-7H3/t9?,10-,11?,12-,13?/m1/s1. The lowest BCUT2D eigenvalue weighted by Gasteiger charge is -2.41. The van der Waals surface area contributed by atoms with Crippen LogP contribution in [-0.2, 0) is 9.16 Å². The summed E-state index contributed by atoms with van der Waals surface area (Å²) in [5, 5.41) is 21.7. The second-order valence-electron chi connectivity index (χ2n) is 8.01. The molecule has 0 aromatic rings. The molecule has 5 atom stereocenters. The van der Waals surface area contributed by atoms with E-state index >= 15 is 0 Å². The Kier molecular flexibility index (Phi) is 5.55. The van der Waals surface area contributed by atoms with Crippen molar-refractivity contribution >= 4 is 25.2 Å². The van der Waals surface area contributed by atoms with Crippen LogP contribution in [0.5, 0.6) is 0 Å². The summed E-state index contributed by atoms with van der Waals surface area (Å²) in [5.41, 5.74) is -0.265. The number of ether oxygens (including phenoxy) is 1. The third-order valence-electron chi connectivity index (χ3n) is 4.95. The molecule has 0 aromatic carbocycles. The fourth-order valence-electron chi connectivity index (χ4n) is 2.28. The Morgan fingerprint density at radius 2 is 1.87 bits per heavy atom. The van der Waals surface area contributed by atoms with Gasteiger partial charge < -0.3 is 24.3 Å². The largest absolute Gasteiger partial charge is 0.414 e. The van der Waals surface area contributed by atoms with Crippen LogP contribution in [0.1, 0.15) is 20.8 Å². The quantitative estimate of drug-likeness (QED) is 0.741. The molecule has 6 nitrogen and oxygen atoms in total. The number of nitrogens with zero attached hydrogens (tertiary/aromatic N) is 2. The zero-order valence-corrected chi connectivity index (χ0v) is 16.9. The summed E-state index contributed by atoms with van der Waals surface area (Å²) in [4.78, 5) is 6.36. The molecule has 2 rings (SSSR count). The van der Waals surface area contributed by atoms with E-state index in [1.807, 2.05) is 19.0 Å². The fourth-order valence-corrected chi connectivity index (χ4v) is 4.45. The molecule has 0 aromatic heterocycles. The second kappa shape index (κ2) is 6.65. The predicted octanol–water partition coefficient (Wildman–Crippen LogP) is 1.49. The highest BCUT2D eigenvalue weighted by atomic mass is 32.2. The molecule has 0 radical (unpaired) electrons. The maximum Gasteiger partial charge on any atom is 0.192 e. The van der Waals surface area contributed by atoms with Crippen LogP contribution in [0.2, 0.25) is 18.1 Å². The van der Waals surface area contributed by atoms with Crippen molar-refractivity contribution in [3.63, 3.8) is 0 Å². The van der Waals surface area contributed by atoms with Crippen LogP contribution in [0.15, 0.2) is 4.99 Å². The Hall–Kier alpha value is -0.123. The second-order valence-corrected chi connectivity index (χ2v) is 13.9. The molecule has 0 amide bonds. The van der Waals surface area contributed by atoms with Gasteiger partial charge in [0.2, 0.25) is 0 Å². The lowest BCUT2D eigenvalue weighted by Crippen LogP contribution is -2.57. The number of hydrogen-bond acceptors (Lipinski definition) is 7. The number of rotatable bonds is 3. The van der Waals surface area contributed by atoms with E-state index in [4.69, 9.17) is 9.16 Å². The number of amidine groups is 1. The monoisotopic (exact) mass is 362 g/mol. The van der Waals surface area contributed by atoms with E-state index < -0.39 is 32.7 Å². The van der Waals surface area contributed by atoms with E-state index in [2.05, 4.69) is 38.9 Å². The highest BCUT2D eigenvalue weighted by Crippen LogP contribution is 2.39. The van der Waals surface area contributed by atoms with Crippen LogP contribution in [-0.4, -0.2) is 79.1 Å². The Labute approximate surface area is 144 Å². The third kappa shape index (κ3) is 3.93. The van der Waals surface area contributed by atoms with Crippen molar-refractivity contribution in [1.29, 1.82) is 0 Å². The minimum atomic E-state index is -1.92. The predicted molar refractivity (Wildman–Crippen MR) is 96.3 cm³/mol. The molecular formula is C15H30N2O4SSi. The first-order valence-corrected chi connectivity index (χ1v) is 11.8. The summed E-state index contributed by atoms with van der Waals surface area (Å²) in [6.45, 7) is 11.2. The summed E-state index contributed by atoms with van der Waals surface area (Å²) in [7, 11) is 1.89. The zero-order valence-electron chi connectivity index (χ0n) is 15.1. The molecule has 0 aliphatic carbocycles. The number of fused-ring (bicyclic) bond motifs is 1. The van der Waals surface area contributed by atoms with Crippen molar-refractivity contribution in [1.82, 2.24) is 4.90 Å². The normalized spacial score (nSPS) is 35.0. The number of thioether (sulfide) groups is 1. The van der Waals surface area contributed by atoms with E-state index in [-0.39, 0.29) is 10.5 Å². The van der Waals surface area contributed by atoms with Crippen LogP contribution in [0.3, 0.4) is 0 Å². The molecule has 2 aliphatic heterocycles. The Balaban J connectivity index is 2.02. The average molecular weight is 363 g/mol. The van der Waals surface area contributed by atoms with Crippen molar-refractivity contribution in [3.05, 3.63) is 0 Å². The van der Waals surface area contributed by atoms with Gasteiger partial charge in [0, 0.05) is 14.1 Å². The maximum atomic E-state index is 10.4. The first-order valence-electron chi connectivity index (χ1n) is 8.01. The van der Waals surface area contributed by atoms with Gasteiger partial charge in [0.15, 0.2) is 13.5 Å². The fraction of sp³-hybridized carbons (Fsp3) is 0.933. The van der Waals surface area contributed by atoms with Gasteiger partial charge in [0.1, 0.15) is 29.8 Å². The summed E-state index contributed by atoms with van der Waals surface area (Å²) in [5.74, 6) is 0. The van der Waals surface area contributed by atoms with Crippen LogP contribution in [0.4, 0.5) is 0 Å². The zero-order chi connectivity index (χ0) is 17.6. The van der Waals surface area contributed by atoms with Crippen LogP contribution < -0.4 is 0 Å². The number of aliphatic imine (C=N–C) groups is 1. The van der Waals surface area contributed by atoms with Crippen molar-refractivity contribution in [2.45, 2.75) is 68.7 Å². The van der Waals surface area contributed by atoms with Gasteiger partial charge in [-0.2, -0.15) is 0 Å². The maximum absolute atomic E-state index is 10.4. The molecular weight excluding hydrogens is 332 g/mol. The molecule has 2 heterocycles. The molecule has 0 saturated carbocycles. The average Bonchev–Trinajstić information content (AvgIpc) is 2.84. The SMILES string of the molecule is CN(C)C1=N[C@H]2C(OC(CO[Si](C)(C)C(C)(C)C)C(O)[C@@H]2O)S1. The van der Waals surface area contributed by atoms with Crippen LogP contribution >= 0.6 is 11.8 Å². The third-order valence-corrected chi connectivity index (χ3v) is 10.8. The topological polar surface area (TPSA) is 74.5 Å². The minimum Gasteiger partial charge on any atom is -0.414 e. The Bertz CT molecular complexity index is 467. The molecule has 0 bridgehead atoms. The lowest BCUT2D eigenvalue weighted by atomic mass is 9.99. The molecule has 134 valence electrons. The summed E-state index contributed by atoms with van der Waals surface area (Å²) in [6.07, 6.45) is -2.43. The smallest absolute Gasteiger partial charge is 0.192 e. The van der Waals surface area contributed by atoms with Crippen molar-refractivity contribution in [3.8, 4) is 0 Å². The van der Waals surface area contributed by atoms with Gasteiger partial charge in [0.05, 0.1) is 6.61 Å². The van der Waals surface area contributed by atoms with Gasteiger partial charge in [-0.05, 0) is 18.1 Å². The van der Waals surface area contributed by atoms with E-state index in [1.165, 1.54) is 11.8 Å². The van der Waals surface area contributed by atoms with Crippen LogP contribution in [0, 0.1) is 0 Å². The molecule has 2 N–H and O–H groups in total. The van der Waals surface area contributed by atoms with Crippen molar-refractivity contribution in [2.24, 2.45) is 4.99 Å². The van der Waals surface area contributed by atoms with E-state index in [9.17, 15) is 10.2 Å². The van der Waals surface area contributed by atoms with Gasteiger partial charge in [-0.1, -0.05) is 32.5 Å². The van der Waals surface area contributed by atoms with Gasteiger partial charge in [-0.15, -0.1) is 0 Å². The van der Waals surface area contributed by atoms with Gasteiger partial charge in [-0.25, -0.2) is 0 Å². The van der Waals surface area contributed by atoms with Crippen molar-refractivity contribution in [2.75, 3.05) is 20.7 Å². The highest BCUT2D eigenvalue weighted by Gasteiger charge is 2.49. The summed E-state index contributed by atoms with van der Waals surface area (Å²) < 4.78 is 12.2. The number of aliphatic hydroxyl groups excluding tert-OH is 2. The van der Waals surface area contributed by atoms with Gasteiger partial charge in [0.25, 0.3) is 0 Å². The van der Waals surface area contributed by atoms with E-state index in [0.717, 1.165) is 5.17 Å². The Morgan fingerprint density at radius 3 is 2.39 bits per heavy atom. The van der Waals surface area contributed by atoms with Crippen molar-refractivity contribution < 1.29 is 19.4 Å². The number of aliphatic hydroxyl groups is 2. The van der Waals surface area contributed by atoms with Gasteiger partial charge in [-0.3, -0.25) is 4.99 Å². The first-order chi connectivity index (χ1) is 10.4. The molecule has 1 fully saturated rings.